The van der Waals surface area contributed by atoms with E-state index in [4.69, 9.17) is 0 Å². The Hall–Kier alpha value is -1.44. The van der Waals surface area contributed by atoms with Crippen LogP contribution in [0.3, 0.4) is 0 Å². The van der Waals surface area contributed by atoms with Crippen molar-refractivity contribution in [1.29, 1.82) is 0 Å². The van der Waals surface area contributed by atoms with Gasteiger partial charge in [0.2, 0.25) is 5.91 Å². The molecule has 144 valence electrons. The average molecular weight is 479 g/mol. The summed E-state index contributed by atoms with van der Waals surface area (Å²) < 4.78 is 1.07. The van der Waals surface area contributed by atoms with E-state index in [0.717, 1.165) is 40.6 Å². The fourth-order valence-corrected chi connectivity index (χ4v) is 6.05. The Morgan fingerprint density at radius 2 is 1.63 bits per heavy atom. The van der Waals surface area contributed by atoms with Crippen LogP contribution in [0.2, 0.25) is 0 Å². The number of amides is 2. The van der Waals surface area contributed by atoms with Gasteiger partial charge in [-0.25, -0.2) is 5.43 Å². The largest absolute Gasteiger partial charge is 0.350 e. The molecule has 5 rings (SSSR count). The van der Waals surface area contributed by atoms with E-state index >= 15 is 0 Å². The first kappa shape index (κ1) is 18.9. The minimum Gasteiger partial charge on any atom is -0.350 e. The molecule has 0 aliphatic heterocycles. The van der Waals surface area contributed by atoms with Gasteiger partial charge in [0.25, 0.3) is 5.91 Å². The zero-order valence-electron chi connectivity index (χ0n) is 15.6. The Balaban J connectivity index is 1.31. The number of hydrazone groups is 1. The molecule has 2 amide bonds. The predicted molar refractivity (Wildman–Crippen MR) is 113 cm³/mol. The van der Waals surface area contributed by atoms with Crippen molar-refractivity contribution in [2.24, 2.45) is 22.9 Å². The monoisotopic (exact) mass is 479 g/mol. The van der Waals surface area contributed by atoms with Crippen LogP contribution in [0.25, 0.3) is 0 Å². The van der Waals surface area contributed by atoms with Crippen LogP contribution in [-0.4, -0.2) is 23.1 Å². The van der Waals surface area contributed by atoms with Crippen molar-refractivity contribution >= 4 is 40.1 Å². The van der Waals surface area contributed by atoms with Crippen LogP contribution in [-0.2, 0) is 4.79 Å². The smallest absolute Gasteiger partial charge is 0.271 e. The van der Waals surface area contributed by atoms with Gasteiger partial charge in [-0.15, -0.1) is 0 Å². The molecule has 2 N–H and O–H groups in total. The molecule has 6 heteroatoms. The van der Waals surface area contributed by atoms with E-state index in [0.29, 0.717) is 11.3 Å². The molecular formula is C21H26IN3O2. The third-order valence-electron chi connectivity index (χ3n) is 6.31. The molecule has 4 bridgehead atoms. The molecule has 0 heterocycles. The Labute approximate surface area is 173 Å². The Kier molecular flexibility index (Phi) is 5.27. The molecule has 0 atom stereocenters. The van der Waals surface area contributed by atoms with Crippen molar-refractivity contribution in [1.82, 2.24) is 10.7 Å². The first-order valence-electron chi connectivity index (χ1n) is 9.81. The summed E-state index contributed by atoms with van der Waals surface area (Å²) in [6, 6.07) is 7.29. The van der Waals surface area contributed by atoms with Crippen LogP contribution in [0.4, 0.5) is 0 Å². The Bertz CT molecular complexity index is 737. The fraction of sp³-hybridized carbons (Fsp3) is 0.571. The molecule has 4 aliphatic carbocycles. The van der Waals surface area contributed by atoms with Crippen molar-refractivity contribution in [3.63, 3.8) is 0 Å². The number of nitrogens with zero attached hydrogens (tertiary/aromatic N) is 1. The van der Waals surface area contributed by atoms with Gasteiger partial charge in [-0.05, 0) is 110 Å². The van der Waals surface area contributed by atoms with Gasteiger partial charge >= 0.3 is 0 Å². The molecule has 1 aromatic rings. The zero-order chi connectivity index (χ0) is 19.0. The first-order valence-corrected chi connectivity index (χ1v) is 10.9. The summed E-state index contributed by atoms with van der Waals surface area (Å²) >= 11 is 2.20. The van der Waals surface area contributed by atoms with Crippen molar-refractivity contribution in [3.8, 4) is 0 Å². The lowest BCUT2D eigenvalue weighted by Crippen LogP contribution is -2.60. The van der Waals surface area contributed by atoms with Gasteiger partial charge < -0.3 is 5.32 Å². The van der Waals surface area contributed by atoms with E-state index < -0.39 is 0 Å². The van der Waals surface area contributed by atoms with Crippen LogP contribution >= 0.6 is 22.6 Å². The summed E-state index contributed by atoms with van der Waals surface area (Å²) in [6.07, 6.45) is 7.74. The van der Waals surface area contributed by atoms with Gasteiger partial charge in [-0.3, -0.25) is 9.59 Å². The fourth-order valence-electron chi connectivity index (χ4n) is 5.69. The van der Waals surface area contributed by atoms with Crippen molar-refractivity contribution in [3.05, 3.63) is 33.4 Å². The Morgan fingerprint density at radius 1 is 1.07 bits per heavy atom. The highest BCUT2D eigenvalue weighted by Gasteiger charge is 2.51. The lowest BCUT2D eigenvalue weighted by atomic mass is 9.53. The third kappa shape index (κ3) is 4.36. The van der Waals surface area contributed by atoms with Crippen molar-refractivity contribution < 1.29 is 9.59 Å². The minimum absolute atomic E-state index is 0.0243. The topological polar surface area (TPSA) is 70.6 Å². The number of hydrogen-bond donors (Lipinski definition) is 2. The van der Waals surface area contributed by atoms with E-state index in [1.165, 1.54) is 19.3 Å². The second-order valence-electron chi connectivity index (χ2n) is 8.72. The molecule has 0 radical (unpaired) electrons. The van der Waals surface area contributed by atoms with Crippen molar-refractivity contribution in [2.45, 2.75) is 57.4 Å². The van der Waals surface area contributed by atoms with E-state index in [9.17, 15) is 9.59 Å². The maximum Gasteiger partial charge on any atom is 0.271 e. The van der Waals surface area contributed by atoms with Crippen LogP contribution < -0.4 is 10.7 Å². The summed E-state index contributed by atoms with van der Waals surface area (Å²) in [5.41, 5.74) is 3.76. The molecular weight excluding hydrogens is 453 g/mol. The number of rotatable bonds is 5. The molecule has 1 aromatic carbocycles. The lowest BCUT2D eigenvalue weighted by molar-refractivity contribution is -0.125. The van der Waals surface area contributed by atoms with Crippen molar-refractivity contribution in [2.75, 3.05) is 0 Å². The Morgan fingerprint density at radius 3 is 2.19 bits per heavy atom. The number of benzene rings is 1. The van der Waals surface area contributed by atoms with Gasteiger partial charge in [-0.1, -0.05) is 0 Å². The molecule has 5 nitrogen and oxygen atoms in total. The van der Waals surface area contributed by atoms with Gasteiger partial charge in [0, 0.05) is 20.4 Å². The summed E-state index contributed by atoms with van der Waals surface area (Å²) in [5, 5.41) is 7.46. The highest BCUT2D eigenvalue weighted by molar-refractivity contribution is 14.1. The molecule has 4 fully saturated rings. The predicted octanol–water partition coefficient (Wildman–Crippen LogP) is 3.87. The van der Waals surface area contributed by atoms with Crippen LogP contribution in [0.1, 0.15) is 62.2 Å². The molecule has 0 saturated heterocycles. The molecule has 4 saturated carbocycles. The highest BCUT2D eigenvalue weighted by Crippen LogP contribution is 2.55. The molecule has 0 unspecified atom stereocenters. The quantitative estimate of drug-likeness (QED) is 0.383. The number of carbonyl (C=O) groups is 2. The second kappa shape index (κ2) is 7.53. The van der Waals surface area contributed by atoms with Gasteiger partial charge in [0.05, 0.1) is 6.42 Å². The zero-order valence-corrected chi connectivity index (χ0v) is 17.8. The molecule has 0 spiro atoms. The van der Waals surface area contributed by atoms with Crippen LogP contribution in [0.5, 0.6) is 0 Å². The van der Waals surface area contributed by atoms with Gasteiger partial charge in [-0.2, -0.15) is 5.10 Å². The number of nitrogens with one attached hydrogen (secondary N) is 2. The average Bonchev–Trinajstić information content (AvgIpc) is 2.58. The second-order valence-corrected chi connectivity index (χ2v) is 9.96. The molecule has 4 aliphatic rings. The summed E-state index contributed by atoms with van der Waals surface area (Å²) in [7, 11) is 0. The van der Waals surface area contributed by atoms with E-state index in [1.54, 1.807) is 19.1 Å². The van der Waals surface area contributed by atoms with E-state index in [2.05, 4.69) is 38.4 Å². The first-order chi connectivity index (χ1) is 12.9. The maximum atomic E-state index is 12.6. The van der Waals surface area contributed by atoms with E-state index in [1.807, 2.05) is 12.1 Å². The number of halogens is 1. The highest BCUT2D eigenvalue weighted by atomic mass is 127. The summed E-state index contributed by atoms with van der Waals surface area (Å²) in [4.78, 5) is 24.7. The summed E-state index contributed by atoms with van der Waals surface area (Å²) in [5.74, 6) is 2.19. The molecule has 27 heavy (non-hydrogen) atoms. The number of hydrogen-bond acceptors (Lipinski definition) is 3. The maximum absolute atomic E-state index is 12.6. The van der Waals surface area contributed by atoms with Gasteiger partial charge in [0.1, 0.15) is 0 Å². The minimum atomic E-state index is -0.257. The van der Waals surface area contributed by atoms with Crippen LogP contribution in [0, 0.1) is 21.3 Å². The number of carbonyl (C=O) groups excluding carboxylic acids is 2. The molecule has 0 aromatic heterocycles. The lowest BCUT2D eigenvalue weighted by Gasteiger charge is -2.56. The SMILES string of the molecule is C/C(CC(=O)NC12CC3CC(CC(C3)C1)C2)=N\NC(=O)c1ccc(I)cc1. The normalized spacial score (nSPS) is 31.6. The van der Waals surface area contributed by atoms with E-state index in [-0.39, 0.29) is 23.8 Å². The van der Waals surface area contributed by atoms with Crippen LogP contribution in [0.15, 0.2) is 29.4 Å². The van der Waals surface area contributed by atoms with Gasteiger partial charge in [0.15, 0.2) is 0 Å². The third-order valence-corrected chi connectivity index (χ3v) is 7.03. The standard InChI is InChI=1S/C21H26IN3O2/c1-13(24-25-20(27)17-2-4-18(22)5-3-17)6-19(26)23-21-10-14-7-15(11-21)9-16(8-14)12-21/h2-5,14-16H,6-12H2,1H3,(H,23,26)(H,25,27)/b24-13+. The summed E-state index contributed by atoms with van der Waals surface area (Å²) in [6.45, 7) is 1.79.